The first-order chi connectivity index (χ1) is 9.63. The van der Waals surface area contributed by atoms with Crippen molar-refractivity contribution in [1.29, 1.82) is 0 Å². The molecule has 1 aliphatic carbocycles. The SMILES string of the molecule is O=S(=O)(NCC1CCN(Cc2ccsc2)CC1)C1CC1. The van der Waals surface area contributed by atoms with E-state index in [1.807, 2.05) is 0 Å². The van der Waals surface area contributed by atoms with E-state index in [0.717, 1.165) is 45.3 Å². The molecule has 6 heteroatoms. The van der Waals surface area contributed by atoms with E-state index in [0.29, 0.717) is 12.5 Å². The molecule has 0 radical (unpaired) electrons. The first-order valence-electron chi connectivity index (χ1n) is 7.35. The van der Waals surface area contributed by atoms with Gasteiger partial charge in [-0.05, 0) is 67.1 Å². The Morgan fingerprint density at radius 1 is 1.25 bits per heavy atom. The summed E-state index contributed by atoms with van der Waals surface area (Å²) in [5.74, 6) is 0.502. The lowest BCUT2D eigenvalue weighted by molar-refractivity contribution is 0.178. The van der Waals surface area contributed by atoms with Crippen LogP contribution in [-0.2, 0) is 16.6 Å². The Morgan fingerprint density at radius 3 is 2.60 bits per heavy atom. The normalized spacial score (nSPS) is 22.2. The number of hydrogen-bond donors (Lipinski definition) is 1. The van der Waals surface area contributed by atoms with Gasteiger partial charge in [0.2, 0.25) is 10.0 Å². The Hall–Kier alpha value is -0.430. The van der Waals surface area contributed by atoms with Crippen molar-refractivity contribution < 1.29 is 8.42 Å². The molecule has 1 saturated carbocycles. The van der Waals surface area contributed by atoms with Gasteiger partial charge in [-0.1, -0.05) is 0 Å². The zero-order valence-electron chi connectivity index (χ0n) is 11.6. The van der Waals surface area contributed by atoms with E-state index in [2.05, 4.69) is 26.4 Å². The molecule has 2 heterocycles. The fourth-order valence-electron chi connectivity index (χ4n) is 2.72. The fraction of sp³-hybridized carbons (Fsp3) is 0.714. The van der Waals surface area contributed by atoms with Crippen molar-refractivity contribution in [3.05, 3.63) is 22.4 Å². The molecule has 0 bridgehead atoms. The molecule has 0 spiro atoms. The lowest BCUT2D eigenvalue weighted by Gasteiger charge is -2.31. The van der Waals surface area contributed by atoms with Gasteiger partial charge in [0, 0.05) is 13.1 Å². The van der Waals surface area contributed by atoms with E-state index in [4.69, 9.17) is 0 Å². The average Bonchev–Trinajstić information content (AvgIpc) is 3.19. The molecule has 20 heavy (non-hydrogen) atoms. The molecule has 1 aliphatic heterocycles. The van der Waals surface area contributed by atoms with Gasteiger partial charge in [0.15, 0.2) is 0 Å². The summed E-state index contributed by atoms with van der Waals surface area (Å²) in [5.41, 5.74) is 1.39. The highest BCUT2D eigenvalue weighted by Crippen LogP contribution is 2.28. The fourth-order valence-corrected chi connectivity index (χ4v) is 4.84. The van der Waals surface area contributed by atoms with Crippen molar-refractivity contribution in [2.45, 2.75) is 37.5 Å². The van der Waals surface area contributed by atoms with E-state index >= 15 is 0 Å². The second-order valence-corrected chi connectivity index (χ2v) is 8.77. The summed E-state index contributed by atoms with van der Waals surface area (Å²) in [6.45, 7) is 3.81. The Kier molecular flexibility index (Phi) is 4.45. The summed E-state index contributed by atoms with van der Waals surface area (Å²) >= 11 is 1.74. The molecular weight excluding hydrogens is 292 g/mol. The molecular formula is C14H22N2O2S2. The Morgan fingerprint density at radius 2 is 2.00 bits per heavy atom. The zero-order chi connectivity index (χ0) is 14.0. The Bertz CT molecular complexity index is 515. The van der Waals surface area contributed by atoms with Gasteiger partial charge in [-0.15, -0.1) is 0 Å². The molecule has 2 aliphatic rings. The lowest BCUT2D eigenvalue weighted by atomic mass is 9.97. The average molecular weight is 314 g/mol. The van der Waals surface area contributed by atoms with E-state index < -0.39 is 10.0 Å². The van der Waals surface area contributed by atoms with Gasteiger partial charge in [-0.2, -0.15) is 11.3 Å². The predicted molar refractivity (Wildman–Crippen MR) is 82.3 cm³/mol. The van der Waals surface area contributed by atoms with Gasteiger partial charge in [-0.3, -0.25) is 4.90 Å². The summed E-state index contributed by atoms with van der Waals surface area (Å²) in [7, 11) is -3.00. The van der Waals surface area contributed by atoms with Gasteiger partial charge in [0.1, 0.15) is 0 Å². The largest absolute Gasteiger partial charge is 0.299 e. The van der Waals surface area contributed by atoms with Crippen LogP contribution in [0, 0.1) is 5.92 Å². The lowest BCUT2D eigenvalue weighted by Crippen LogP contribution is -2.39. The highest BCUT2D eigenvalue weighted by molar-refractivity contribution is 7.90. The van der Waals surface area contributed by atoms with Crippen LogP contribution in [0.5, 0.6) is 0 Å². The Labute approximate surface area is 125 Å². The maximum absolute atomic E-state index is 11.8. The number of piperidine rings is 1. The van der Waals surface area contributed by atoms with Gasteiger partial charge in [-0.25, -0.2) is 13.1 Å². The number of nitrogens with one attached hydrogen (secondary N) is 1. The van der Waals surface area contributed by atoms with E-state index in [-0.39, 0.29) is 5.25 Å². The molecule has 1 N–H and O–H groups in total. The van der Waals surface area contributed by atoms with Gasteiger partial charge in [0.05, 0.1) is 5.25 Å². The summed E-state index contributed by atoms with van der Waals surface area (Å²) < 4.78 is 26.4. The maximum atomic E-state index is 11.8. The number of likely N-dealkylation sites (tertiary alicyclic amines) is 1. The minimum Gasteiger partial charge on any atom is -0.299 e. The summed E-state index contributed by atoms with van der Waals surface area (Å²) in [6, 6.07) is 2.18. The summed E-state index contributed by atoms with van der Waals surface area (Å²) in [6.07, 6.45) is 3.87. The molecule has 1 aromatic rings. The van der Waals surface area contributed by atoms with E-state index in [9.17, 15) is 8.42 Å². The second kappa shape index (κ2) is 6.13. The van der Waals surface area contributed by atoms with Crippen molar-refractivity contribution in [3.8, 4) is 0 Å². The minimum atomic E-state index is -3.00. The summed E-state index contributed by atoms with van der Waals surface area (Å²) in [5, 5.41) is 4.23. The summed E-state index contributed by atoms with van der Waals surface area (Å²) in [4.78, 5) is 2.47. The topological polar surface area (TPSA) is 49.4 Å². The monoisotopic (exact) mass is 314 g/mol. The van der Waals surface area contributed by atoms with Crippen molar-refractivity contribution in [3.63, 3.8) is 0 Å². The molecule has 3 rings (SSSR count). The van der Waals surface area contributed by atoms with Gasteiger partial charge in [0.25, 0.3) is 0 Å². The molecule has 4 nitrogen and oxygen atoms in total. The predicted octanol–water partition coefficient (Wildman–Crippen LogP) is 2.04. The molecule has 1 saturated heterocycles. The van der Waals surface area contributed by atoms with Gasteiger partial charge < -0.3 is 0 Å². The van der Waals surface area contributed by atoms with Crippen LogP contribution in [-0.4, -0.2) is 38.2 Å². The van der Waals surface area contributed by atoms with Crippen molar-refractivity contribution >= 4 is 21.4 Å². The van der Waals surface area contributed by atoms with Crippen LogP contribution >= 0.6 is 11.3 Å². The zero-order valence-corrected chi connectivity index (χ0v) is 13.3. The van der Waals surface area contributed by atoms with E-state index in [1.165, 1.54) is 5.56 Å². The van der Waals surface area contributed by atoms with Crippen molar-refractivity contribution in [1.82, 2.24) is 9.62 Å². The van der Waals surface area contributed by atoms with Gasteiger partial charge >= 0.3 is 0 Å². The number of sulfonamides is 1. The first kappa shape index (κ1) is 14.5. The van der Waals surface area contributed by atoms with Crippen LogP contribution in [0.4, 0.5) is 0 Å². The third-order valence-corrected chi connectivity index (χ3v) is 6.88. The first-order valence-corrected chi connectivity index (χ1v) is 9.84. The minimum absolute atomic E-state index is 0.0961. The molecule has 112 valence electrons. The van der Waals surface area contributed by atoms with E-state index in [1.54, 1.807) is 11.3 Å². The van der Waals surface area contributed by atoms with Crippen LogP contribution in [0.25, 0.3) is 0 Å². The number of rotatable bonds is 6. The smallest absolute Gasteiger partial charge is 0.214 e. The van der Waals surface area contributed by atoms with Crippen molar-refractivity contribution in [2.24, 2.45) is 5.92 Å². The quantitative estimate of drug-likeness (QED) is 0.874. The molecule has 0 amide bonds. The number of thiophene rings is 1. The third-order valence-electron chi connectivity index (χ3n) is 4.23. The highest BCUT2D eigenvalue weighted by Gasteiger charge is 2.35. The van der Waals surface area contributed by atoms with Crippen LogP contribution in [0.15, 0.2) is 16.8 Å². The van der Waals surface area contributed by atoms with Crippen molar-refractivity contribution in [2.75, 3.05) is 19.6 Å². The number of hydrogen-bond acceptors (Lipinski definition) is 4. The standard InChI is InChI=1S/C14H22N2O2S2/c17-20(18,14-1-2-14)15-9-12-3-6-16(7-4-12)10-13-5-8-19-11-13/h5,8,11-12,14-15H,1-4,6-7,9-10H2. The highest BCUT2D eigenvalue weighted by atomic mass is 32.2. The Balaban J connectivity index is 1.40. The van der Waals surface area contributed by atoms with Crippen LogP contribution in [0.3, 0.4) is 0 Å². The molecule has 0 aromatic carbocycles. The molecule has 2 fully saturated rings. The molecule has 1 aromatic heterocycles. The van der Waals surface area contributed by atoms with Crippen LogP contribution in [0.1, 0.15) is 31.2 Å². The molecule has 0 atom stereocenters. The third kappa shape index (κ3) is 3.81. The number of nitrogens with zero attached hydrogens (tertiary/aromatic N) is 1. The second-order valence-electron chi connectivity index (χ2n) is 5.94. The van der Waals surface area contributed by atoms with Crippen LogP contribution in [0.2, 0.25) is 0 Å². The maximum Gasteiger partial charge on any atom is 0.214 e. The molecule has 0 unspecified atom stereocenters. The van der Waals surface area contributed by atoms with Crippen LogP contribution < -0.4 is 4.72 Å².